The quantitative estimate of drug-likeness (QED) is 0.417. The number of hydroxylamine groups is 1. The number of carbonyl (C=O) groups excluding carboxylic acids is 2. The number of primary amides is 1. The number of aromatic hydroxyl groups is 1. The summed E-state index contributed by atoms with van der Waals surface area (Å²) in [7, 11) is 0. The summed E-state index contributed by atoms with van der Waals surface area (Å²) < 4.78 is 4.85. The molecule has 4 rings (SSSR count). The molecule has 0 unspecified atom stereocenters. The lowest BCUT2D eigenvalue weighted by molar-refractivity contribution is -0.247. The van der Waals surface area contributed by atoms with Gasteiger partial charge in [0.25, 0.3) is 0 Å². The number of aliphatic hydroxyl groups is 1. The highest BCUT2D eigenvalue weighted by Crippen LogP contribution is 2.53. The Labute approximate surface area is 130 Å². The average Bonchev–Trinajstić information content (AvgIpc) is 3.27. The van der Waals surface area contributed by atoms with Crippen LogP contribution in [0.25, 0.3) is 0 Å². The van der Waals surface area contributed by atoms with E-state index in [9.17, 15) is 19.8 Å². The molecule has 9 heteroatoms. The predicted molar refractivity (Wildman–Crippen MR) is 75.9 cm³/mol. The normalized spacial score (nSPS) is 33.4. The van der Waals surface area contributed by atoms with Crippen molar-refractivity contribution < 1.29 is 29.4 Å². The van der Waals surface area contributed by atoms with Crippen LogP contribution in [-0.4, -0.2) is 53.6 Å². The molecule has 0 saturated carbocycles. The van der Waals surface area contributed by atoms with Crippen LogP contribution < -0.4 is 16.1 Å². The SMILES string of the molecule is NC(=O)OC[C@H]1c2c(O)cc(C=O)cc2N2C[C@@H]3N[C@@H]3[C@]1(O)O2. The first kappa shape index (κ1) is 14.2. The summed E-state index contributed by atoms with van der Waals surface area (Å²) in [5, 5.41) is 25.8. The number of anilines is 1. The van der Waals surface area contributed by atoms with Crippen molar-refractivity contribution in [2.24, 2.45) is 5.73 Å². The fourth-order valence-electron chi connectivity index (χ4n) is 3.47. The van der Waals surface area contributed by atoms with Gasteiger partial charge >= 0.3 is 6.09 Å². The largest absolute Gasteiger partial charge is 0.508 e. The van der Waals surface area contributed by atoms with Gasteiger partial charge in [0.2, 0.25) is 5.79 Å². The molecule has 3 aliphatic rings. The van der Waals surface area contributed by atoms with Crippen molar-refractivity contribution in [3.8, 4) is 5.75 Å². The number of ether oxygens (including phenoxy) is 1. The van der Waals surface area contributed by atoms with E-state index < -0.39 is 17.8 Å². The molecule has 4 atom stereocenters. The van der Waals surface area contributed by atoms with Gasteiger partial charge in [-0.25, -0.2) is 14.7 Å². The van der Waals surface area contributed by atoms with Gasteiger partial charge in [0, 0.05) is 17.2 Å². The first-order chi connectivity index (χ1) is 10.9. The van der Waals surface area contributed by atoms with Crippen LogP contribution in [0.3, 0.4) is 0 Å². The molecule has 1 aromatic carbocycles. The molecule has 0 radical (unpaired) electrons. The van der Waals surface area contributed by atoms with E-state index in [4.69, 9.17) is 15.3 Å². The molecule has 9 nitrogen and oxygen atoms in total. The van der Waals surface area contributed by atoms with Crippen LogP contribution in [0, 0.1) is 0 Å². The Morgan fingerprint density at radius 1 is 1.61 bits per heavy atom. The molecule has 0 aromatic heterocycles. The lowest BCUT2D eigenvalue weighted by Crippen LogP contribution is -2.59. The predicted octanol–water partition coefficient (Wildman–Crippen LogP) is -0.822. The number of benzene rings is 1. The summed E-state index contributed by atoms with van der Waals surface area (Å²) in [6.07, 6.45) is -0.379. The van der Waals surface area contributed by atoms with Crippen molar-refractivity contribution in [3.63, 3.8) is 0 Å². The van der Waals surface area contributed by atoms with Crippen LogP contribution in [0.15, 0.2) is 12.1 Å². The topological polar surface area (TPSA) is 144 Å². The summed E-state index contributed by atoms with van der Waals surface area (Å²) in [6.45, 7) is 0.205. The van der Waals surface area contributed by atoms with E-state index in [1.807, 2.05) is 0 Å². The minimum atomic E-state index is -1.68. The van der Waals surface area contributed by atoms with E-state index in [2.05, 4.69) is 5.32 Å². The number of phenolic OH excluding ortho intramolecular Hbond substituents is 1. The second-order valence-electron chi connectivity index (χ2n) is 5.93. The van der Waals surface area contributed by atoms with Crippen molar-refractivity contribution in [2.45, 2.75) is 23.8 Å². The van der Waals surface area contributed by atoms with Crippen molar-refractivity contribution in [3.05, 3.63) is 23.3 Å². The lowest BCUT2D eigenvalue weighted by atomic mass is 9.83. The van der Waals surface area contributed by atoms with Crippen LogP contribution in [-0.2, 0) is 9.57 Å². The highest BCUT2D eigenvalue weighted by Gasteiger charge is 2.65. The van der Waals surface area contributed by atoms with E-state index in [0.29, 0.717) is 24.1 Å². The van der Waals surface area contributed by atoms with Gasteiger partial charge in [0.15, 0.2) is 0 Å². The number of aldehydes is 1. The molecule has 2 fully saturated rings. The molecule has 0 aliphatic carbocycles. The number of nitrogens with zero attached hydrogens (tertiary/aromatic N) is 1. The molecule has 122 valence electrons. The summed E-state index contributed by atoms with van der Waals surface area (Å²) in [4.78, 5) is 27.6. The number of phenols is 1. The maximum Gasteiger partial charge on any atom is 0.404 e. The molecule has 1 amide bonds. The summed E-state index contributed by atoms with van der Waals surface area (Å²) in [6, 6.07) is 2.53. The van der Waals surface area contributed by atoms with Gasteiger partial charge in [-0.1, -0.05) is 0 Å². The van der Waals surface area contributed by atoms with E-state index in [-0.39, 0.29) is 30.0 Å². The van der Waals surface area contributed by atoms with E-state index >= 15 is 0 Å². The van der Waals surface area contributed by atoms with Gasteiger partial charge in [-0.2, -0.15) is 0 Å². The van der Waals surface area contributed by atoms with Crippen LogP contribution >= 0.6 is 0 Å². The Hall–Kier alpha value is -2.36. The van der Waals surface area contributed by atoms with Crippen LogP contribution in [0.4, 0.5) is 10.5 Å². The third kappa shape index (κ3) is 1.97. The van der Waals surface area contributed by atoms with Gasteiger partial charge in [-0.3, -0.25) is 4.79 Å². The van der Waals surface area contributed by atoms with E-state index in [0.717, 1.165) is 0 Å². The number of nitrogens with one attached hydrogen (secondary N) is 1. The molecule has 3 heterocycles. The Balaban J connectivity index is 1.84. The van der Waals surface area contributed by atoms with E-state index in [1.165, 1.54) is 11.1 Å². The highest BCUT2D eigenvalue weighted by molar-refractivity contribution is 5.80. The standard InChI is InChI=1S/C14H15N3O6/c15-13(20)22-5-7-11-9(1-6(4-18)2-10(11)19)17-3-8-12(16-8)14(7,21)23-17/h1-2,4,7-8,12,16,19,21H,3,5H2,(H2,15,20)/t7-,8-,12-,14+/m0/s1. The average molecular weight is 321 g/mol. The zero-order chi connectivity index (χ0) is 16.4. The van der Waals surface area contributed by atoms with Crippen molar-refractivity contribution in [1.82, 2.24) is 5.32 Å². The highest BCUT2D eigenvalue weighted by atomic mass is 16.8. The fourth-order valence-corrected chi connectivity index (χ4v) is 3.47. The number of carbonyl (C=O) groups is 2. The monoisotopic (exact) mass is 321 g/mol. The van der Waals surface area contributed by atoms with Gasteiger partial charge in [0.05, 0.1) is 24.2 Å². The van der Waals surface area contributed by atoms with Crippen molar-refractivity contribution in [2.75, 3.05) is 18.2 Å². The number of amides is 1. The molecule has 0 spiro atoms. The minimum Gasteiger partial charge on any atom is -0.508 e. The molecule has 23 heavy (non-hydrogen) atoms. The smallest absolute Gasteiger partial charge is 0.404 e. The lowest BCUT2D eigenvalue weighted by Gasteiger charge is -2.47. The zero-order valence-electron chi connectivity index (χ0n) is 11.9. The van der Waals surface area contributed by atoms with Crippen LogP contribution in [0.5, 0.6) is 5.75 Å². The number of fused-ring (bicyclic) bond motifs is 6. The van der Waals surface area contributed by atoms with Gasteiger partial charge in [-0.15, -0.1) is 0 Å². The molecule has 2 bridgehead atoms. The Bertz CT molecular complexity index is 710. The molecule has 3 aliphatic heterocycles. The maximum absolute atomic E-state index is 11.0. The Kier molecular flexibility index (Phi) is 2.83. The maximum atomic E-state index is 11.0. The Morgan fingerprint density at radius 2 is 2.39 bits per heavy atom. The van der Waals surface area contributed by atoms with Crippen molar-refractivity contribution >= 4 is 18.1 Å². The van der Waals surface area contributed by atoms with Crippen molar-refractivity contribution in [1.29, 1.82) is 0 Å². The molecule has 5 N–H and O–H groups in total. The molecule has 1 aromatic rings. The first-order valence-electron chi connectivity index (χ1n) is 7.13. The molecular formula is C14H15N3O6. The number of rotatable bonds is 3. The van der Waals surface area contributed by atoms with Gasteiger partial charge in [0.1, 0.15) is 18.6 Å². The van der Waals surface area contributed by atoms with Gasteiger partial charge < -0.3 is 26.0 Å². The number of hydrogen-bond acceptors (Lipinski definition) is 8. The zero-order valence-corrected chi connectivity index (χ0v) is 11.9. The summed E-state index contributed by atoms with van der Waals surface area (Å²) in [5.41, 5.74) is 6.10. The van der Waals surface area contributed by atoms with E-state index in [1.54, 1.807) is 6.07 Å². The number of hydrogen-bond donors (Lipinski definition) is 4. The van der Waals surface area contributed by atoms with Gasteiger partial charge in [-0.05, 0) is 12.1 Å². The second-order valence-corrected chi connectivity index (χ2v) is 5.93. The van der Waals surface area contributed by atoms with Crippen LogP contribution in [0.1, 0.15) is 21.8 Å². The third-order valence-electron chi connectivity index (χ3n) is 4.55. The number of nitrogens with two attached hydrogens (primary N) is 1. The Morgan fingerprint density at radius 3 is 3.09 bits per heavy atom. The first-order valence-corrected chi connectivity index (χ1v) is 7.13. The van der Waals surface area contributed by atoms with Crippen LogP contribution in [0.2, 0.25) is 0 Å². The molecule has 2 saturated heterocycles. The summed E-state index contributed by atoms with van der Waals surface area (Å²) in [5.74, 6) is -2.69. The second kappa shape index (κ2) is 4.57. The fraction of sp³-hybridized carbons (Fsp3) is 0.429. The third-order valence-corrected chi connectivity index (χ3v) is 4.55. The summed E-state index contributed by atoms with van der Waals surface area (Å²) >= 11 is 0. The molecular weight excluding hydrogens is 306 g/mol. The minimum absolute atomic E-state index is 0.0139.